The first kappa shape index (κ1) is 17.4. The molecular weight excluding hydrogens is 358 g/mol. The number of carbonyl (C=O) groups is 1. The number of ether oxygens (including phenoxy) is 4. The van der Waals surface area contributed by atoms with Gasteiger partial charge in [-0.15, -0.1) is 0 Å². The molecule has 6 heteroatoms. The van der Waals surface area contributed by atoms with Crippen LogP contribution in [0, 0.1) is 6.92 Å². The molecule has 3 aliphatic rings. The Hall–Kier alpha value is -2.73. The predicted octanol–water partition coefficient (Wildman–Crippen LogP) is 3.23. The highest BCUT2D eigenvalue weighted by Crippen LogP contribution is 2.42. The Morgan fingerprint density at radius 2 is 2.00 bits per heavy atom. The molecule has 0 aromatic heterocycles. The largest absolute Gasteiger partial charge is 0.478 e. The van der Waals surface area contributed by atoms with Gasteiger partial charge in [0, 0.05) is 13.2 Å². The maximum Gasteiger partial charge on any atom is 0.266 e. The van der Waals surface area contributed by atoms with Crippen LogP contribution in [0.25, 0.3) is 0 Å². The molecule has 2 fully saturated rings. The first-order valence-electron chi connectivity index (χ1n) is 9.74. The quantitative estimate of drug-likeness (QED) is 0.745. The molecule has 3 aliphatic heterocycles. The summed E-state index contributed by atoms with van der Waals surface area (Å²) in [6.45, 7) is 3.57. The van der Waals surface area contributed by atoms with Crippen LogP contribution in [0.2, 0.25) is 0 Å². The Labute approximate surface area is 163 Å². The van der Waals surface area contributed by atoms with E-state index in [1.165, 1.54) is 0 Å². The van der Waals surface area contributed by atoms with Crippen LogP contribution in [-0.4, -0.2) is 43.0 Å². The molecule has 5 rings (SSSR count). The van der Waals surface area contributed by atoms with Crippen molar-refractivity contribution >= 4 is 5.91 Å². The van der Waals surface area contributed by atoms with Gasteiger partial charge in [0.15, 0.2) is 11.5 Å². The van der Waals surface area contributed by atoms with Crippen molar-refractivity contribution in [2.45, 2.75) is 38.0 Å². The van der Waals surface area contributed by atoms with E-state index in [0.717, 1.165) is 42.1 Å². The Bertz CT molecular complexity index is 892. The topological polar surface area (TPSA) is 57.2 Å². The summed E-state index contributed by atoms with van der Waals surface area (Å²) in [6.07, 6.45) is 1.58. The van der Waals surface area contributed by atoms with Gasteiger partial charge in [-0.05, 0) is 49.1 Å². The highest BCUT2D eigenvalue weighted by molar-refractivity contribution is 5.89. The van der Waals surface area contributed by atoms with E-state index < -0.39 is 6.10 Å². The average Bonchev–Trinajstić information content (AvgIpc) is 3.39. The van der Waals surface area contributed by atoms with Crippen molar-refractivity contribution in [3.05, 3.63) is 53.6 Å². The predicted molar refractivity (Wildman–Crippen MR) is 102 cm³/mol. The lowest BCUT2D eigenvalue weighted by Crippen LogP contribution is -2.62. The Morgan fingerprint density at radius 1 is 1.14 bits per heavy atom. The molecule has 0 bridgehead atoms. The minimum atomic E-state index is -0.553. The van der Waals surface area contributed by atoms with Crippen molar-refractivity contribution in [2.24, 2.45) is 0 Å². The highest BCUT2D eigenvalue weighted by atomic mass is 16.7. The summed E-state index contributed by atoms with van der Waals surface area (Å²) in [5.74, 6) is 2.18. The van der Waals surface area contributed by atoms with Crippen LogP contribution in [0.1, 0.15) is 30.0 Å². The van der Waals surface area contributed by atoms with Crippen molar-refractivity contribution in [1.82, 2.24) is 4.90 Å². The van der Waals surface area contributed by atoms with E-state index in [2.05, 4.69) is 0 Å². The molecule has 28 heavy (non-hydrogen) atoms. The Morgan fingerprint density at radius 3 is 2.82 bits per heavy atom. The van der Waals surface area contributed by atoms with Gasteiger partial charge >= 0.3 is 0 Å². The first-order valence-corrected chi connectivity index (χ1v) is 9.74. The number of fused-ring (bicyclic) bond motifs is 1. The van der Waals surface area contributed by atoms with E-state index in [9.17, 15) is 4.79 Å². The normalized spacial score (nSPS) is 25.7. The van der Waals surface area contributed by atoms with Gasteiger partial charge in [0.2, 0.25) is 12.9 Å². The molecule has 0 aliphatic carbocycles. The van der Waals surface area contributed by atoms with Gasteiger partial charge in [-0.2, -0.15) is 0 Å². The number of β-lactam (4-membered cyclic amide) rings is 1. The second-order valence-electron chi connectivity index (χ2n) is 7.49. The highest BCUT2D eigenvalue weighted by Gasteiger charge is 2.51. The zero-order valence-electron chi connectivity index (χ0n) is 15.8. The maximum atomic E-state index is 13.0. The molecule has 2 saturated heterocycles. The molecule has 2 aromatic carbocycles. The zero-order valence-corrected chi connectivity index (χ0v) is 15.8. The maximum absolute atomic E-state index is 13.0. The lowest BCUT2D eigenvalue weighted by atomic mass is 9.89. The van der Waals surface area contributed by atoms with Gasteiger partial charge in [0.1, 0.15) is 11.8 Å². The molecule has 0 radical (unpaired) electrons. The van der Waals surface area contributed by atoms with Crippen molar-refractivity contribution in [3.63, 3.8) is 0 Å². The van der Waals surface area contributed by atoms with Crippen LogP contribution >= 0.6 is 0 Å². The number of hydrogen-bond acceptors (Lipinski definition) is 5. The monoisotopic (exact) mass is 381 g/mol. The van der Waals surface area contributed by atoms with Crippen LogP contribution in [0.5, 0.6) is 17.2 Å². The second-order valence-corrected chi connectivity index (χ2v) is 7.49. The second kappa shape index (κ2) is 7.02. The molecule has 3 atom stereocenters. The van der Waals surface area contributed by atoms with E-state index >= 15 is 0 Å². The summed E-state index contributed by atoms with van der Waals surface area (Å²) in [6, 6.07) is 13.4. The number of carbonyl (C=O) groups excluding carboxylic acids is 1. The van der Waals surface area contributed by atoms with Crippen LogP contribution in [-0.2, 0) is 9.53 Å². The van der Waals surface area contributed by atoms with Gasteiger partial charge in [-0.3, -0.25) is 4.79 Å². The van der Waals surface area contributed by atoms with Gasteiger partial charge < -0.3 is 23.8 Å². The molecule has 6 nitrogen and oxygen atoms in total. The molecule has 0 unspecified atom stereocenters. The standard InChI is InChI=1S/C22H23NO5/c1-14-5-2-3-7-17(14)28-21-20(15-8-9-18-19(11-15)27-13-26-18)23(22(21)24)12-16-6-4-10-25-16/h2-3,5,7-9,11,16,20-21H,4,6,10,12-13H2,1H3/t16-,20-,21-/m1/s1. The summed E-state index contributed by atoms with van der Waals surface area (Å²) in [7, 11) is 0. The zero-order chi connectivity index (χ0) is 19.1. The van der Waals surface area contributed by atoms with Gasteiger partial charge in [-0.25, -0.2) is 0 Å². The summed E-state index contributed by atoms with van der Waals surface area (Å²) in [4.78, 5) is 14.8. The number of aryl methyl sites for hydroxylation is 1. The molecule has 0 N–H and O–H groups in total. The van der Waals surface area contributed by atoms with E-state index in [1.807, 2.05) is 54.3 Å². The minimum Gasteiger partial charge on any atom is -0.478 e. The minimum absolute atomic E-state index is 0.00131. The third-order valence-electron chi connectivity index (χ3n) is 5.66. The molecule has 0 saturated carbocycles. The summed E-state index contributed by atoms with van der Waals surface area (Å²) >= 11 is 0. The summed E-state index contributed by atoms with van der Waals surface area (Å²) in [5, 5.41) is 0. The smallest absolute Gasteiger partial charge is 0.266 e. The number of amides is 1. The number of rotatable bonds is 5. The summed E-state index contributed by atoms with van der Waals surface area (Å²) in [5.41, 5.74) is 2.00. The van der Waals surface area contributed by atoms with Crippen molar-refractivity contribution in [1.29, 1.82) is 0 Å². The van der Waals surface area contributed by atoms with E-state index in [0.29, 0.717) is 12.3 Å². The summed E-state index contributed by atoms with van der Waals surface area (Å²) < 4.78 is 22.9. The van der Waals surface area contributed by atoms with Crippen LogP contribution < -0.4 is 14.2 Å². The van der Waals surface area contributed by atoms with Crippen LogP contribution in [0.3, 0.4) is 0 Å². The molecule has 2 aromatic rings. The number of hydrogen-bond donors (Lipinski definition) is 0. The number of para-hydroxylation sites is 1. The average molecular weight is 381 g/mol. The van der Waals surface area contributed by atoms with Crippen molar-refractivity contribution in [3.8, 4) is 17.2 Å². The molecule has 1 amide bonds. The fourth-order valence-corrected chi connectivity index (χ4v) is 4.12. The molecule has 3 heterocycles. The van der Waals surface area contributed by atoms with Gasteiger partial charge in [0.25, 0.3) is 5.91 Å². The third-order valence-corrected chi connectivity index (χ3v) is 5.66. The molecular formula is C22H23NO5. The van der Waals surface area contributed by atoms with Crippen LogP contribution in [0.4, 0.5) is 0 Å². The fourth-order valence-electron chi connectivity index (χ4n) is 4.12. The lowest BCUT2D eigenvalue weighted by Gasteiger charge is -2.47. The van der Waals surface area contributed by atoms with E-state index in [-0.39, 0.29) is 24.8 Å². The Kier molecular flexibility index (Phi) is 4.36. The molecule has 146 valence electrons. The Balaban J connectivity index is 1.43. The van der Waals surface area contributed by atoms with Crippen LogP contribution in [0.15, 0.2) is 42.5 Å². The fraction of sp³-hybridized carbons (Fsp3) is 0.409. The SMILES string of the molecule is Cc1ccccc1O[C@H]1C(=O)N(C[C@H]2CCCO2)[C@@H]1c1ccc2c(c1)OCO2. The number of nitrogens with zero attached hydrogens (tertiary/aromatic N) is 1. The van der Waals surface area contributed by atoms with Gasteiger partial charge in [-0.1, -0.05) is 24.3 Å². The number of likely N-dealkylation sites (tertiary alicyclic amines) is 1. The third kappa shape index (κ3) is 2.98. The van der Waals surface area contributed by atoms with Gasteiger partial charge in [0.05, 0.1) is 6.10 Å². The first-order chi connectivity index (χ1) is 13.7. The lowest BCUT2D eigenvalue weighted by molar-refractivity contribution is -0.167. The van der Waals surface area contributed by atoms with Crippen molar-refractivity contribution < 1.29 is 23.7 Å². The number of benzene rings is 2. The molecule has 0 spiro atoms. The van der Waals surface area contributed by atoms with E-state index in [1.54, 1.807) is 0 Å². The van der Waals surface area contributed by atoms with Crippen molar-refractivity contribution in [2.75, 3.05) is 19.9 Å². The van der Waals surface area contributed by atoms with E-state index in [4.69, 9.17) is 18.9 Å².